The lowest BCUT2D eigenvalue weighted by Crippen LogP contribution is -2.06. The molecular weight excluding hydrogens is 645 g/mol. The Kier molecular flexibility index (Phi) is 7.43. The predicted molar refractivity (Wildman–Crippen MR) is 219 cm³/mol. The fraction of sp³-hybridized carbons (Fsp3) is 0. The topological polar surface area (TPSA) is 43.6 Å². The summed E-state index contributed by atoms with van der Waals surface area (Å²) in [5.74, 6) is 1.81. The number of aromatic nitrogens is 4. The molecule has 0 amide bonds. The van der Waals surface area contributed by atoms with Crippen LogP contribution in [-0.4, -0.2) is 19.5 Å². The summed E-state index contributed by atoms with van der Waals surface area (Å²) in [6.45, 7) is 0. The van der Waals surface area contributed by atoms with E-state index in [-0.39, 0.29) is 0 Å². The third kappa shape index (κ3) is 5.63. The minimum atomic E-state index is 0.580. The molecule has 10 aromatic rings. The maximum absolute atomic E-state index is 5.22. The molecule has 0 radical (unpaired) electrons. The molecule has 0 saturated carbocycles. The molecule has 8 aromatic carbocycles. The maximum Gasteiger partial charge on any atom is 0.238 e. The van der Waals surface area contributed by atoms with Crippen LogP contribution in [0.4, 0.5) is 0 Å². The molecule has 2 heterocycles. The van der Waals surface area contributed by atoms with Gasteiger partial charge in [0.15, 0.2) is 11.6 Å². The summed E-state index contributed by atoms with van der Waals surface area (Å²) >= 11 is 0. The number of rotatable bonds is 6. The normalized spacial score (nSPS) is 11.4. The summed E-state index contributed by atoms with van der Waals surface area (Å²) in [6, 6.07) is 68.2. The number of nitrogens with zero attached hydrogens (tertiary/aromatic N) is 4. The monoisotopic (exact) mass is 676 g/mol. The fourth-order valence-corrected chi connectivity index (χ4v) is 7.39. The zero-order valence-electron chi connectivity index (χ0n) is 28.8. The van der Waals surface area contributed by atoms with E-state index in [0.29, 0.717) is 17.6 Å². The van der Waals surface area contributed by atoms with E-state index in [1.54, 1.807) is 0 Å². The van der Waals surface area contributed by atoms with Crippen molar-refractivity contribution in [2.24, 2.45) is 0 Å². The smallest absolute Gasteiger partial charge is 0.238 e. The molecule has 0 aliphatic heterocycles. The molecular formula is C49H32N4. The van der Waals surface area contributed by atoms with Crippen LogP contribution in [0.3, 0.4) is 0 Å². The van der Waals surface area contributed by atoms with Gasteiger partial charge in [-0.15, -0.1) is 0 Å². The van der Waals surface area contributed by atoms with Gasteiger partial charge in [-0.05, 0) is 74.5 Å². The average molecular weight is 677 g/mol. The third-order valence-electron chi connectivity index (χ3n) is 10.1. The van der Waals surface area contributed by atoms with Crippen LogP contribution in [0, 0.1) is 0 Å². The highest BCUT2D eigenvalue weighted by Gasteiger charge is 2.18. The summed E-state index contributed by atoms with van der Waals surface area (Å²) in [4.78, 5) is 15.6. The van der Waals surface area contributed by atoms with Gasteiger partial charge in [0, 0.05) is 21.9 Å². The fourth-order valence-electron chi connectivity index (χ4n) is 7.39. The van der Waals surface area contributed by atoms with E-state index in [1.165, 1.54) is 21.9 Å². The highest BCUT2D eigenvalue weighted by molar-refractivity contribution is 6.09. The van der Waals surface area contributed by atoms with E-state index in [1.807, 2.05) is 6.07 Å². The van der Waals surface area contributed by atoms with Crippen LogP contribution >= 0.6 is 0 Å². The van der Waals surface area contributed by atoms with Gasteiger partial charge in [-0.25, -0.2) is 4.98 Å². The second-order valence-electron chi connectivity index (χ2n) is 13.3. The van der Waals surface area contributed by atoms with Crippen molar-refractivity contribution in [1.82, 2.24) is 19.5 Å². The van der Waals surface area contributed by atoms with Crippen molar-refractivity contribution in [1.29, 1.82) is 0 Å². The Hall–Kier alpha value is -7.17. The first-order chi connectivity index (χ1) is 26.2. The largest absolute Gasteiger partial charge is 0.278 e. The molecule has 53 heavy (non-hydrogen) atoms. The van der Waals surface area contributed by atoms with Crippen LogP contribution in [0.15, 0.2) is 194 Å². The molecule has 0 atom stereocenters. The Morgan fingerprint density at radius 2 is 0.717 bits per heavy atom. The highest BCUT2D eigenvalue weighted by atomic mass is 15.2. The summed E-state index contributed by atoms with van der Waals surface area (Å²) < 4.78 is 2.17. The zero-order chi connectivity index (χ0) is 35.1. The van der Waals surface area contributed by atoms with Crippen LogP contribution in [0.1, 0.15) is 0 Å². The maximum atomic E-state index is 5.22. The molecule has 4 heteroatoms. The lowest BCUT2D eigenvalue weighted by Gasteiger charge is -2.12. The van der Waals surface area contributed by atoms with Gasteiger partial charge >= 0.3 is 0 Å². The molecule has 0 N–H and O–H groups in total. The standard InChI is InChI=1S/C49H32N4/c1-2-12-33(13-3-1)35-24-26-36(27-25-35)38-16-10-18-41(31-38)47-50-48(42-19-11-17-39(32-42)40-29-28-34-14-4-5-15-37(34)30-40)52-49(51-47)53-45-22-8-6-20-43(45)44-21-7-9-23-46(44)53/h1-32H. The average Bonchev–Trinajstić information content (AvgIpc) is 3.58. The lowest BCUT2D eigenvalue weighted by atomic mass is 9.99. The molecule has 4 nitrogen and oxygen atoms in total. The Bertz CT molecular complexity index is 2890. The summed E-state index contributed by atoms with van der Waals surface area (Å²) in [6.07, 6.45) is 0. The van der Waals surface area contributed by atoms with Crippen LogP contribution in [-0.2, 0) is 0 Å². The molecule has 0 aliphatic carbocycles. The number of hydrogen-bond acceptors (Lipinski definition) is 3. The molecule has 0 bridgehead atoms. The van der Waals surface area contributed by atoms with Crippen LogP contribution < -0.4 is 0 Å². The zero-order valence-corrected chi connectivity index (χ0v) is 28.8. The molecule has 248 valence electrons. The molecule has 0 fully saturated rings. The van der Waals surface area contributed by atoms with Gasteiger partial charge in [0.1, 0.15) is 0 Å². The highest BCUT2D eigenvalue weighted by Crippen LogP contribution is 2.34. The third-order valence-corrected chi connectivity index (χ3v) is 10.1. The van der Waals surface area contributed by atoms with Crippen molar-refractivity contribution in [2.75, 3.05) is 0 Å². The van der Waals surface area contributed by atoms with E-state index >= 15 is 0 Å². The molecule has 0 saturated heterocycles. The molecule has 0 unspecified atom stereocenters. The summed E-state index contributed by atoms with van der Waals surface area (Å²) in [5, 5.41) is 4.75. The van der Waals surface area contributed by atoms with Gasteiger partial charge in [0.05, 0.1) is 11.0 Å². The number of hydrogen-bond donors (Lipinski definition) is 0. The number of benzene rings is 8. The first-order valence-electron chi connectivity index (χ1n) is 17.9. The number of para-hydroxylation sites is 2. The van der Waals surface area contributed by atoms with Crippen molar-refractivity contribution in [2.45, 2.75) is 0 Å². The Morgan fingerprint density at radius 1 is 0.283 bits per heavy atom. The van der Waals surface area contributed by atoms with E-state index < -0.39 is 0 Å². The lowest BCUT2D eigenvalue weighted by molar-refractivity contribution is 0.953. The predicted octanol–water partition coefficient (Wildman–Crippen LogP) is 12.5. The van der Waals surface area contributed by atoms with E-state index in [4.69, 9.17) is 15.0 Å². The van der Waals surface area contributed by atoms with E-state index in [2.05, 4.69) is 193 Å². The van der Waals surface area contributed by atoms with E-state index in [9.17, 15) is 0 Å². The van der Waals surface area contributed by atoms with Crippen molar-refractivity contribution in [3.63, 3.8) is 0 Å². The molecule has 0 spiro atoms. The van der Waals surface area contributed by atoms with E-state index in [0.717, 1.165) is 55.2 Å². The SMILES string of the molecule is c1ccc(-c2ccc(-c3cccc(-c4nc(-c5cccc(-c6ccc7ccccc7c6)c5)nc(-n5c6ccccc6c6ccccc65)n4)c3)cc2)cc1. The molecule has 0 aliphatic rings. The Morgan fingerprint density at radius 3 is 1.36 bits per heavy atom. The number of fused-ring (bicyclic) bond motifs is 4. The minimum absolute atomic E-state index is 0.580. The second-order valence-corrected chi connectivity index (χ2v) is 13.3. The molecule has 2 aromatic heterocycles. The van der Waals surface area contributed by atoms with Crippen LogP contribution in [0.25, 0.3) is 94.7 Å². The van der Waals surface area contributed by atoms with Crippen molar-refractivity contribution in [3.8, 4) is 62.1 Å². The van der Waals surface area contributed by atoms with Gasteiger partial charge in [-0.2, -0.15) is 9.97 Å². The van der Waals surface area contributed by atoms with Crippen LogP contribution in [0.2, 0.25) is 0 Å². The van der Waals surface area contributed by atoms with Crippen LogP contribution in [0.5, 0.6) is 0 Å². The van der Waals surface area contributed by atoms with Crippen molar-refractivity contribution in [3.05, 3.63) is 194 Å². The van der Waals surface area contributed by atoms with Crippen molar-refractivity contribution >= 4 is 32.6 Å². The summed E-state index contributed by atoms with van der Waals surface area (Å²) in [7, 11) is 0. The van der Waals surface area contributed by atoms with Gasteiger partial charge in [0.2, 0.25) is 5.95 Å². The van der Waals surface area contributed by atoms with Gasteiger partial charge in [-0.1, -0.05) is 164 Å². The van der Waals surface area contributed by atoms with Crippen molar-refractivity contribution < 1.29 is 0 Å². The first kappa shape index (κ1) is 30.6. The minimum Gasteiger partial charge on any atom is -0.278 e. The Balaban J connectivity index is 1.13. The first-order valence-corrected chi connectivity index (χ1v) is 17.9. The second kappa shape index (κ2) is 12.9. The summed E-state index contributed by atoms with van der Waals surface area (Å²) in [5.41, 5.74) is 10.8. The quantitative estimate of drug-likeness (QED) is 0.176. The van der Waals surface area contributed by atoms with Gasteiger partial charge < -0.3 is 0 Å². The molecule has 10 rings (SSSR count). The van der Waals surface area contributed by atoms with Gasteiger partial charge in [0.25, 0.3) is 0 Å². The van der Waals surface area contributed by atoms with Gasteiger partial charge in [-0.3, -0.25) is 4.57 Å². The Labute approximate surface area is 307 Å².